The molecule has 0 unspecified atom stereocenters. The van der Waals surface area contributed by atoms with E-state index in [4.69, 9.17) is 0 Å². The molecule has 0 spiro atoms. The third kappa shape index (κ3) is 2.36. The molecule has 1 saturated heterocycles. The maximum absolute atomic E-state index is 12.5. The second kappa shape index (κ2) is 5.21. The van der Waals surface area contributed by atoms with Crippen molar-refractivity contribution in [2.75, 3.05) is 13.1 Å². The monoisotopic (exact) mass is 301 g/mol. The molecule has 3 atom stereocenters. The zero-order valence-electron chi connectivity index (χ0n) is 13.1. The van der Waals surface area contributed by atoms with Gasteiger partial charge in [0, 0.05) is 49.7 Å². The number of nitrogens with zero attached hydrogens (tertiary/aromatic N) is 3. The summed E-state index contributed by atoms with van der Waals surface area (Å²) in [6.45, 7) is 4.76. The molecule has 1 aliphatic carbocycles. The lowest BCUT2D eigenvalue weighted by molar-refractivity contribution is -0.134. The summed E-state index contributed by atoms with van der Waals surface area (Å²) in [5.74, 6) is 2.36. The van der Waals surface area contributed by atoms with Gasteiger partial charge in [-0.25, -0.2) is 0 Å². The highest BCUT2D eigenvalue weighted by Gasteiger charge is 2.42. The van der Waals surface area contributed by atoms with Crippen LogP contribution >= 0.6 is 0 Å². The zero-order valence-corrected chi connectivity index (χ0v) is 13.1. The number of piperidine rings is 1. The fourth-order valence-corrected chi connectivity index (χ4v) is 4.08. The normalized spacial score (nSPS) is 30.2. The maximum Gasteiger partial charge on any atom is 0.273 e. The van der Waals surface area contributed by atoms with Gasteiger partial charge in [0.15, 0.2) is 0 Å². The van der Waals surface area contributed by atoms with Crippen molar-refractivity contribution >= 4 is 5.91 Å². The molecule has 1 amide bonds. The van der Waals surface area contributed by atoms with Crippen molar-refractivity contribution in [3.05, 3.63) is 27.9 Å². The van der Waals surface area contributed by atoms with Crippen molar-refractivity contribution < 1.29 is 4.79 Å². The van der Waals surface area contributed by atoms with Crippen molar-refractivity contribution in [2.45, 2.75) is 51.5 Å². The first-order valence-corrected chi connectivity index (χ1v) is 8.53. The van der Waals surface area contributed by atoms with Gasteiger partial charge in [-0.05, 0) is 31.6 Å². The fraction of sp³-hybridized carbons (Fsp3) is 0.706. The molecule has 5 heteroatoms. The van der Waals surface area contributed by atoms with Crippen LogP contribution < -0.4 is 5.56 Å². The van der Waals surface area contributed by atoms with E-state index < -0.39 is 0 Å². The van der Waals surface area contributed by atoms with Crippen LogP contribution in [0.15, 0.2) is 10.9 Å². The number of hydrogen-bond acceptors (Lipinski definition) is 3. The molecule has 5 nitrogen and oxygen atoms in total. The predicted molar refractivity (Wildman–Crippen MR) is 82.6 cm³/mol. The van der Waals surface area contributed by atoms with Gasteiger partial charge in [0.25, 0.3) is 5.56 Å². The van der Waals surface area contributed by atoms with Gasteiger partial charge in [-0.1, -0.05) is 6.92 Å². The van der Waals surface area contributed by atoms with E-state index in [9.17, 15) is 9.59 Å². The van der Waals surface area contributed by atoms with E-state index in [1.807, 2.05) is 4.90 Å². The molecule has 118 valence electrons. The largest absolute Gasteiger partial charge is 0.342 e. The van der Waals surface area contributed by atoms with E-state index in [2.05, 4.69) is 16.5 Å². The second-order valence-corrected chi connectivity index (χ2v) is 7.13. The minimum atomic E-state index is -0.123. The predicted octanol–water partition coefficient (Wildman–Crippen LogP) is 1.55. The topological polar surface area (TPSA) is 55.2 Å². The van der Waals surface area contributed by atoms with Crippen LogP contribution in [-0.4, -0.2) is 33.4 Å². The molecule has 0 radical (unpaired) electrons. The van der Waals surface area contributed by atoms with Crippen LogP contribution in [0.3, 0.4) is 0 Å². The fourth-order valence-electron chi connectivity index (χ4n) is 4.08. The molecule has 2 fully saturated rings. The summed E-state index contributed by atoms with van der Waals surface area (Å²) in [5.41, 5.74) is 0.983. The van der Waals surface area contributed by atoms with E-state index >= 15 is 0 Å². The van der Waals surface area contributed by atoms with Gasteiger partial charge in [-0.15, -0.1) is 0 Å². The molecule has 1 aromatic rings. The number of likely N-dealkylation sites (tertiary alicyclic amines) is 1. The number of aryl methyl sites for hydroxylation is 1. The highest BCUT2D eigenvalue weighted by Crippen LogP contribution is 2.40. The van der Waals surface area contributed by atoms with Crippen LogP contribution in [-0.2, 0) is 17.8 Å². The van der Waals surface area contributed by atoms with Crippen LogP contribution in [0.5, 0.6) is 0 Å². The first-order valence-electron chi connectivity index (χ1n) is 8.53. The van der Waals surface area contributed by atoms with Crippen LogP contribution in [0.25, 0.3) is 0 Å². The van der Waals surface area contributed by atoms with Gasteiger partial charge in [0.05, 0.1) is 0 Å². The highest BCUT2D eigenvalue weighted by molar-refractivity contribution is 5.81. The standard InChI is InChI=1S/C17H23N3O2/c1-11-8-13(11)17(22)19-6-2-4-12(10-19)14-9-16(21)18-15-5-3-7-20(14)15/h9,11-13H,2-8,10H2,1H3/t11-,12+,13-/m1/s1. The molecule has 1 aromatic heterocycles. The van der Waals surface area contributed by atoms with Crippen molar-refractivity contribution in [1.82, 2.24) is 14.5 Å². The van der Waals surface area contributed by atoms with Gasteiger partial charge in [0.1, 0.15) is 5.82 Å². The summed E-state index contributed by atoms with van der Waals surface area (Å²) in [4.78, 5) is 30.5. The number of hydrogen-bond donors (Lipinski definition) is 0. The molecule has 0 aromatic carbocycles. The lowest BCUT2D eigenvalue weighted by Gasteiger charge is -2.34. The number of carbonyl (C=O) groups is 1. The van der Waals surface area contributed by atoms with Crippen molar-refractivity contribution in [3.8, 4) is 0 Å². The molecular weight excluding hydrogens is 278 g/mol. The van der Waals surface area contributed by atoms with Gasteiger partial charge in [-0.2, -0.15) is 4.98 Å². The van der Waals surface area contributed by atoms with E-state index in [-0.39, 0.29) is 11.5 Å². The lowest BCUT2D eigenvalue weighted by atomic mass is 9.93. The van der Waals surface area contributed by atoms with Crippen molar-refractivity contribution in [1.29, 1.82) is 0 Å². The second-order valence-electron chi connectivity index (χ2n) is 7.13. The smallest absolute Gasteiger partial charge is 0.273 e. The number of aromatic nitrogens is 2. The first kappa shape index (κ1) is 14.0. The summed E-state index contributed by atoms with van der Waals surface area (Å²) in [6.07, 6.45) is 5.11. The maximum atomic E-state index is 12.5. The number of amides is 1. The molecule has 3 aliphatic rings. The zero-order chi connectivity index (χ0) is 15.3. The Morgan fingerprint density at radius 2 is 2.14 bits per heavy atom. The van der Waals surface area contributed by atoms with Gasteiger partial charge in [0.2, 0.25) is 5.91 Å². The first-order chi connectivity index (χ1) is 10.6. The molecule has 0 N–H and O–H groups in total. The van der Waals surface area contributed by atoms with Crippen molar-refractivity contribution in [3.63, 3.8) is 0 Å². The average Bonchev–Trinajstić information content (AvgIpc) is 3.06. The van der Waals surface area contributed by atoms with E-state index in [0.29, 0.717) is 17.7 Å². The Balaban J connectivity index is 1.58. The summed E-state index contributed by atoms with van der Waals surface area (Å²) in [6, 6.07) is 1.70. The number of fused-ring (bicyclic) bond motifs is 1. The number of rotatable bonds is 2. The minimum Gasteiger partial charge on any atom is -0.342 e. The molecule has 4 rings (SSSR count). The molecule has 22 heavy (non-hydrogen) atoms. The van der Waals surface area contributed by atoms with Gasteiger partial charge < -0.3 is 9.47 Å². The minimum absolute atomic E-state index is 0.123. The van der Waals surface area contributed by atoms with Gasteiger partial charge in [-0.3, -0.25) is 9.59 Å². The number of carbonyl (C=O) groups excluding carboxylic acids is 1. The highest BCUT2D eigenvalue weighted by atomic mass is 16.2. The quantitative estimate of drug-likeness (QED) is 0.833. The van der Waals surface area contributed by atoms with E-state index in [1.54, 1.807) is 6.07 Å². The Morgan fingerprint density at radius 1 is 1.32 bits per heavy atom. The molecule has 2 aliphatic heterocycles. The third-order valence-electron chi connectivity index (χ3n) is 5.49. The lowest BCUT2D eigenvalue weighted by Crippen LogP contribution is -2.41. The summed E-state index contributed by atoms with van der Waals surface area (Å²) < 4.78 is 2.22. The molecular formula is C17H23N3O2. The Kier molecular flexibility index (Phi) is 3.31. The van der Waals surface area contributed by atoms with E-state index in [1.165, 1.54) is 0 Å². The summed E-state index contributed by atoms with van der Waals surface area (Å²) in [5, 5.41) is 0. The molecule has 1 saturated carbocycles. The molecule has 0 bridgehead atoms. The van der Waals surface area contributed by atoms with Crippen LogP contribution in [0.2, 0.25) is 0 Å². The Bertz CT molecular complexity index is 666. The van der Waals surface area contributed by atoms with Crippen LogP contribution in [0, 0.1) is 11.8 Å². The van der Waals surface area contributed by atoms with Gasteiger partial charge >= 0.3 is 0 Å². The Hall–Kier alpha value is -1.65. The Labute approximate surface area is 130 Å². The van der Waals surface area contributed by atoms with E-state index in [0.717, 1.165) is 63.3 Å². The summed E-state index contributed by atoms with van der Waals surface area (Å²) >= 11 is 0. The average molecular weight is 301 g/mol. The van der Waals surface area contributed by atoms with Crippen LogP contribution in [0.1, 0.15) is 50.0 Å². The Morgan fingerprint density at radius 3 is 2.91 bits per heavy atom. The summed E-state index contributed by atoms with van der Waals surface area (Å²) in [7, 11) is 0. The molecule has 3 heterocycles. The SMILES string of the molecule is C[C@@H]1C[C@H]1C(=O)N1CCC[C@H](c2cc(=O)nc3n2CCC3)C1. The van der Waals surface area contributed by atoms with Crippen LogP contribution in [0.4, 0.5) is 0 Å². The van der Waals surface area contributed by atoms with Crippen molar-refractivity contribution in [2.24, 2.45) is 11.8 Å². The third-order valence-corrected chi connectivity index (χ3v) is 5.49.